The topological polar surface area (TPSA) is 35.0 Å². The molecule has 3 nitrogen and oxygen atoms in total. The van der Waals surface area contributed by atoms with Crippen LogP contribution in [0.25, 0.3) is 0 Å². The van der Waals surface area contributed by atoms with Gasteiger partial charge in [0.15, 0.2) is 6.07 Å². The lowest BCUT2D eigenvalue weighted by atomic mass is 10.6. The van der Waals surface area contributed by atoms with Crippen LogP contribution in [0.4, 0.5) is 0 Å². The predicted octanol–water partition coefficient (Wildman–Crippen LogP) is 1.16. The molecule has 1 aromatic heterocycles. The van der Waals surface area contributed by atoms with Crippen molar-refractivity contribution in [3.05, 3.63) is 18.1 Å². The monoisotopic (exact) mass is 157 g/mol. The minimum atomic E-state index is 0.0902. The molecular weight excluding hydrogens is 152 g/mol. The molecule has 0 N–H and O–H groups in total. The number of ether oxygens (including phenoxy) is 1. The van der Waals surface area contributed by atoms with Crippen LogP contribution in [0.1, 0.15) is 5.82 Å². The van der Waals surface area contributed by atoms with Crippen LogP contribution >= 0.6 is 11.6 Å². The highest BCUT2D eigenvalue weighted by Gasteiger charge is 1.93. The van der Waals surface area contributed by atoms with E-state index in [1.165, 1.54) is 6.20 Å². The van der Waals surface area contributed by atoms with Gasteiger partial charge in [0.05, 0.1) is 6.07 Å². The van der Waals surface area contributed by atoms with Gasteiger partial charge in [0.25, 0.3) is 0 Å². The summed E-state index contributed by atoms with van der Waals surface area (Å²) in [5, 5.41) is 0. The van der Waals surface area contributed by atoms with Gasteiger partial charge in [-0.1, -0.05) is 11.6 Å². The van der Waals surface area contributed by atoms with Gasteiger partial charge < -0.3 is 4.74 Å². The summed E-state index contributed by atoms with van der Waals surface area (Å²) in [6, 6.07) is 2.77. The normalized spacial score (nSPS) is 9.40. The van der Waals surface area contributed by atoms with Crippen molar-refractivity contribution in [1.82, 2.24) is 9.97 Å². The Balaban J connectivity index is 2.75. The highest BCUT2D eigenvalue weighted by atomic mass is 35.5. The number of hydrogen-bond donors (Lipinski definition) is 0. The molecule has 1 rings (SSSR count). The van der Waals surface area contributed by atoms with Gasteiger partial charge in [-0.25, -0.2) is 4.98 Å². The van der Waals surface area contributed by atoms with Crippen LogP contribution in [0.2, 0.25) is 0 Å². The number of hydrogen-bond acceptors (Lipinski definition) is 3. The maximum Gasteiger partial charge on any atom is 0.226 e. The molecule has 0 aromatic carbocycles. The van der Waals surface area contributed by atoms with Crippen molar-refractivity contribution in [2.24, 2.45) is 0 Å². The Labute approximate surface area is 64.0 Å². The molecule has 0 aliphatic carbocycles. The highest BCUT2D eigenvalue weighted by molar-refractivity contribution is 6.17. The fraction of sp³-hybridized carbons (Fsp3) is 0.333. The van der Waals surface area contributed by atoms with Gasteiger partial charge >= 0.3 is 0 Å². The van der Waals surface area contributed by atoms with Crippen LogP contribution in [0.5, 0.6) is 5.88 Å². The highest BCUT2D eigenvalue weighted by Crippen LogP contribution is 2.02. The maximum atomic E-state index is 5.29. The second-order valence-electron chi connectivity index (χ2n) is 1.62. The second-order valence-corrected chi connectivity index (χ2v) is 1.84. The van der Waals surface area contributed by atoms with Gasteiger partial charge in [0.2, 0.25) is 5.88 Å². The van der Waals surface area contributed by atoms with Crippen molar-refractivity contribution < 1.29 is 4.74 Å². The molecule has 0 saturated heterocycles. The van der Waals surface area contributed by atoms with Crippen LogP contribution in [0, 0.1) is 13.0 Å². The molecule has 0 unspecified atom stereocenters. The molecule has 0 atom stereocenters. The van der Waals surface area contributed by atoms with Gasteiger partial charge in [-0.05, 0) is 6.92 Å². The Bertz CT molecular complexity index is 217. The number of halogens is 1. The van der Waals surface area contributed by atoms with E-state index in [2.05, 4.69) is 16.0 Å². The summed E-state index contributed by atoms with van der Waals surface area (Å²) in [5.74, 6) is 1.04. The lowest BCUT2D eigenvalue weighted by Crippen LogP contribution is -1.94. The zero-order chi connectivity index (χ0) is 7.40. The van der Waals surface area contributed by atoms with Crippen molar-refractivity contribution in [3.63, 3.8) is 0 Å². The summed E-state index contributed by atoms with van der Waals surface area (Å²) in [6.45, 7) is 1.77. The SMILES string of the molecule is Cc1nc[c]c(OCCl)n1. The van der Waals surface area contributed by atoms with E-state index in [4.69, 9.17) is 16.3 Å². The molecule has 0 bridgehead atoms. The molecule has 4 heteroatoms. The molecule has 0 aliphatic heterocycles. The summed E-state index contributed by atoms with van der Waals surface area (Å²) in [6.07, 6.45) is 1.50. The molecule has 1 heterocycles. The first-order chi connectivity index (χ1) is 4.83. The van der Waals surface area contributed by atoms with Crippen LogP contribution in [-0.2, 0) is 0 Å². The Kier molecular flexibility index (Phi) is 2.45. The predicted molar refractivity (Wildman–Crippen MR) is 37.0 cm³/mol. The van der Waals surface area contributed by atoms with Gasteiger partial charge in [0.1, 0.15) is 5.82 Å². The molecule has 0 fully saturated rings. The Morgan fingerprint density at radius 2 is 2.60 bits per heavy atom. The number of alkyl halides is 1. The summed E-state index contributed by atoms with van der Waals surface area (Å²) in [4.78, 5) is 7.72. The van der Waals surface area contributed by atoms with E-state index in [0.717, 1.165) is 0 Å². The van der Waals surface area contributed by atoms with E-state index in [-0.39, 0.29) is 6.07 Å². The van der Waals surface area contributed by atoms with Crippen molar-refractivity contribution in [2.45, 2.75) is 6.92 Å². The van der Waals surface area contributed by atoms with Crippen LogP contribution < -0.4 is 4.74 Å². The molecule has 0 amide bonds. The summed E-state index contributed by atoms with van der Waals surface area (Å²) >= 11 is 5.29. The molecule has 1 radical (unpaired) electrons. The van der Waals surface area contributed by atoms with Crippen LogP contribution in [-0.4, -0.2) is 16.0 Å². The molecular formula is C6H6ClN2O. The largest absolute Gasteiger partial charge is 0.461 e. The minimum absolute atomic E-state index is 0.0902. The summed E-state index contributed by atoms with van der Waals surface area (Å²) in [5.41, 5.74) is 0. The molecule has 0 aliphatic rings. The average molecular weight is 158 g/mol. The van der Waals surface area contributed by atoms with E-state index >= 15 is 0 Å². The first kappa shape index (κ1) is 7.28. The summed E-state index contributed by atoms with van der Waals surface area (Å²) in [7, 11) is 0. The second kappa shape index (κ2) is 3.37. The lowest BCUT2D eigenvalue weighted by Gasteiger charge is -1.98. The number of aryl methyl sites for hydroxylation is 1. The fourth-order valence-corrected chi connectivity index (χ4v) is 0.618. The zero-order valence-corrected chi connectivity index (χ0v) is 6.22. The summed E-state index contributed by atoms with van der Waals surface area (Å²) < 4.78 is 4.85. The number of nitrogens with zero attached hydrogens (tertiary/aromatic N) is 2. The minimum Gasteiger partial charge on any atom is -0.461 e. The van der Waals surface area contributed by atoms with E-state index in [1.54, 1.807) is 6.92 Å². The average Bonchev–Trinajstić information content (AvgIpc) is 1.88. The van der Waals surface area contributed by atoms with Gasteiger partial charge in [-0.3, -0.25) is 0 Å². The van der Waals surface area contributed by atoms with Gasteiger partial charge in [-0.15, -0.1) is 0 Å². The third-order valence-corrected chi connectivity index (χ3v) is 1.00. The Morgan fingerprint density at radius 3 is 3.20 bits per heavy atom. The first-order valence-corrected chi connectivity index (χ1v) is 3.26. The molecule has 1 aromatic rings. The standard InChI is InChI=1S/C6H6ClN2O/c1-5-8-3-2-6(9-5)10-4-7/h3H,4H2,1H3. The molecule has 0 saturated carbocycles. The Morgan fingerprint density at radius 1 is 1.80 bits per heavy atom. The van der Waals surface area contributed by atoms with E-state index in [0.29, 0.717) is 11.7 Å². The third-order valence-electron chi connectivity index (χ3n) is 0.894. The number of aromatic nitrogens is 2. The van der Waals surface area contributed by atoms with Gasteiger partial charge in [0, 0.05) is 6.20 Å². The fourth-order valence-electron chi connectivity index (χ4n) is 0.515. The van der Waals surface area contributed by atoms with Crippen LogP contribution in [0.3, 0.4) is 0 Å². The first-order valence-electron chi connectivity index (χ1n) is 2.73. The van der Waals surface area contributed by atoms with Crippen molar-refractivity contribution >= 4 is 11.6 Å². The van der Waals surface area contributed by atoms with Crippen molar-refractivity contribution in [2.75, 3.05) is 6.07 Å². The zero-order valence-electron chi connectivity index (χ0n) is 5.47. The third kappa shape index (κ3) is 1.84. The Hall–Kier alpha value is -0.830. The van der Waals surface area contributed by atoms with Crippen molar-refractivity contribution in [3.8, 4) is 5.88 Å². The smallest absolute Gasteiger partial charge is 0.226 e. The van der Waals surface area contributed by atoms with E-state index < -0.39 is 0 Å². The van der Waals surface area contributed by atoms with Gasteiger partial charge in [-0.2, -0.15) is 4.98 Å². The quantitative estimate of drug-likeness (QED) is 0.605. The number of rotatable bonds is 2. The lowest BCUT2D eigenvalue weighted by molar-refractivity contribution is 0.369. The van der Waals surface area contributed by atoms with E-state index in [9.17, 15) is 0 Å². The molecule has 10 heavy (non-hydrogen) atoms. The van der Waals surface area contributed by atoms with Crippen molar-refractivity contribution in [1.29, 1.82) is 0 Å². The van der Waals surface area contributed by atoms with Crippen LogP contribution in [0.15, 0.2) is 6.20 Å². The molecule has 0 spiro atoms. The van der Waals surface area contributed by atoms with E-state index in [1.807, 2.05) is 0 Å². The molecule has 53 valence electrons. The maximum absolute atomic E-state index is 5.29.